The van der Waals surface area contributed by atoms with E-state index >= 15 is 0 Å². The molecule has 0 saturated carbocycles. The lowest BCUT2D eigenvalue weighted by Crippen LogP contribution is -2.38. The average molecular weight is 323 g/mol. The molecule has 1 heterocycles. The summed E-state index contributed by atoms with van der Waals surface area (Å²) < 4.78 is 10.9. The summed E-state index contributed by atoms with van der Waals surface area (Å²) in [7, 11) is 0. The van der Waals surface area contributed by atoms with Crippen LogP contribution in [0.2, 0.25) is 0 Å². The van der Waals surface area contributed by atoms with Crippen molar-refractivity contribution in [3.8, 4) is 0 Å². The Labute approximate surface area is 139 Å². The van der Waals surface area contributed by atoms with Crippen molar-refractivity contribution in [2.24, 2.45) is 0 Å². The maximum atomic E-state index is 12.6. The van der Waals surface area contributed by atoms with Crippen LogP contribution in [-0.4, -0.2) is 18.5 Å². The van der Waals surface area contributed by atoms with Gasteiger partial charge in [-0.2, -0.15) is 0 Å². The Hall–Kier alpha value is -3.08. The normalized spacial score (nSPS) is 17.0. The molecule has 1 N–H and O–H groups in total. The summed E-state index contributed by atoms with van der Waals surface area (Å²) in [4.78, 5) is 25.0. The smallest absolute Gasteiger partial charge is 0.374 e. The molecule has 1 amide bonds. The van der Waals surface area contributed by atoms with Crippen molar-refractivity contribution in [2.45, 2.75) is 13.2 Å². The summed E-state index contributed by atoms with van der Waals surface area (Å²) in [6.45, 7) is 1.91. The Balaban J connectivity index is 2.04. The van der Waals surface area contributed by atoms with Gasteiger partial charge in [0.15, 0.2) is 6.23 Å². The summed E-state index contributed by atoms with van der Waals surface area (Å²) >= 11 is 0. The first kappa shape index (κ1) is 15.8. The molecule has 2 aromatic carbocycles. The number of hydrogen-bond donors (Lipinski definition) is 1. The van der Waals surface area contributed by atoms with Crippen LogP contribution < -0.4 is 5.32 Å². The predicted molar refractivity (Wildman–Crippen MR) is 88.4 cm³/mol. The lowest BCUT2D eigenvalue weighted by Gasteiger charge is -2.28. The minimum Gasteiger partial charge on any atom is -0.460 e. The van der Waals surface area contributed by atoms with Gasteiger partial charge in [0.25, 0.3) is 5.91 Å². The molecule has 1 atom stereocenters. The first-order valence-corrected chi connectivity index (χ1v) is 7.70. The molecule has 1 unspecified atom stereocenters. The van der Waals surface area contributed by atoms with Crippen LogP contribution in [0.3, 0.4) is 0 Å². The topological polar surface area (TPSA) is 64.6 Å². The third-order valence-corrected chi connectivity index (χ3v) is 3.58. The number of esters is 1. The van der Waals surface area contributed by atoms with Crippen LogP contribution in [0.5, 0.6) is 0 Å². The fourth-order valence-electron chi connectivity index (χ4n) is 2.49. The van der Waals surface area contributed by atoms with Gasteiger partial charge in [-0.05, 0) is 12.5 Å². The van der Waals surface area contributed by atoms with Crippen LogP contribution in [0, 0.1) is 0 Å². The van der Waals surface area contributed by atoms with E-state index in [1.54, 1.807) is 31.2 Å². The molecule has 0 aromatic heterocycles. The highest BCUT2D eigenvalue weighted by Crippen LogP contribution is 2.30. The molecule has 0 radical (unpaired) electrons. The van der Waals surface area contributed by atoms with Crippen LogP contribution in [0.4, 0.5) is 0 Å². The molecule has 5 heteroatoms. The van der Waals surface area contributed by atoms with Crippen LogP contribution in [-0.2, 0) is 19.1 Å². The number of amides is 1. The molecule has 3 rings (SSSR count). The molecule has 0 fully saturated rings. The van der Waals surface area contributed by atoms with E-state index in [0.29, 0.717) is 5.56 Å². The van der Waals surface area contributed by atoms with Gasteiger partial charge < -0.3 is 14.8 Å². The minimum atomic E-state index is -0.731. The highest BCUT2D eigenvalue weighted by molar-refractivity contribution is 6.25. The van der Waals surface area contributed by atoms with E-state index in [2.05, 4.69) is 5.32 Å². The molecule has 2 aromatic rings. The van der Waals surface area contributed by atoms with E-state index in [1.807, 2.05) is 36.4 Å². The molecule has 1 aliphatic rings. The summed E-state index contributed by atoms with van der Waals surface area (Å²) in [6.07, 6.45) is -0.731. The molecular formula is C19H17NO4. The average Bonchev–Trinajstić information content (AvgIpc) is 2.62. The van der Waals surface area contributed by atoms with E-state index in [4.69, 9.17) is 9.47 Å². The summed E-state index contributed by atoms with van der Waals surface area (Å²) in [5, 5.41) is 2.78. The number of benzene rings is 2. The van der Waals surface area contributed by atoms with Gasteiger partial charge in [-0.25, -0.2) is 4.79 Å². The monoisotopic (exact) mass is 323 g/mol. The van der Waals surface area contributed by atoms with Crippen molar-refractivity contribution >= 4 is 17.4 Å². The van der Waals surface area contributed by atoms with Gasteiger partial charge in [-0.3, -0.25) is 4.79 Å². The number of rotatable bonds is 4. The van der Waals surface area contributed by atoms with Crippen molar-refractivity contribution in [1.82, 2.24) is 5.32 Å². The molecule has 0 saturated heterocycles. The second-order valence-electron chi connectivity index (χ2n) is 5.17. The van der Waals surface area contributed by atoms with Crippen molar-refractivity contribution in [3.05, 3.63) is 77.5 Å². The third kappa shape index (κ3) is 3.15. The first-order chi connectivity index (χ1) is 11.7. The zero-order valence-electron chi connectivity index (χ0n) is 13.2. The Kier molecular flexibility index (Phi) is 4.61. The Morgan fingerprint density at radius 2 is 1.71 bits per heavy atom. The largest absolute Gasteiger partial charge is 0.460 e. The van der Waals surface area contributed by atoms with Crippen LogP contribution in [0.25, 0.3) is 5.57 Å². The van der Waals surface area contributed by atoms with Crippen molar-refractivity contribution in [3.63, 3.8) is 0 Å². The number of carbonyl (C=O) groups excluding carboxylic acids is 2. The van der Waals surface area contributed by atoms with E-state index < -0.39 is 12.2 Å². The van der Waals surface area contributed by atoms with E-state index in [1.165, 1.54) is 0 Å². The highest BCUT2D eigenvalue weighted by Gasteiger charge is 2.34. The molecule has 1 aliphatic heterocycles. The van der Waals surface area contributed by atoms with Gasteiger partial charge in [0.1, 0.15) is 0 Å². The molecule has 5 nitrogen and oxygen atoms in total. The van der Waals surface area contributed by atoms with Gasteiger partial charge in [-0.15, -0.1) is 0 Å². The minimum absolute atomic E-state index is 0.0688. The van der Waals surface area contributed by atoms with E-state index in [0.717, 1.165) is 5.56 Å². The predicted octanol–water partition coefficient (Wildman–Crippen LogP) is 2.81. The van der Waals surface area contributed by atoms with E-state index in [9.17, 15) is 9.59 Å². The number of carbonyl (C=O) groups is 2. The molecule has 0 bridgehead atoms. The number of ether oxygens (including phenoxy) is 2. The lowest BCUT2D eigenvalue weighted by molar-refractivity contribution is -0.146. The highest BCUT2D eigenvalue weighted by atomic mass is 16.6. The van der Waals surface area contributed by atoms with Gasteiger partial charge in [0, 0.05) is 5.56 Å². The number of hydrogen-bond acceptors (Lipinski definition) is 4. The van der Waals surface area contributed by atoms with Crippen molar-refractivity contribution in [2.75, 3.05) is 6.61 Å². The van der Waals surface area contributed by atoms with Crippen LogP contribution >= 0.6 is 0 Å². The second-order valence-corrected chi connectivity index (χ2v) is 5.17. The zero-order chi connectivity index (χ0) is 16.9. The molecule has 122 valence electrons. The summed E-state index contributed by atoms with van der Waals surface area (Å²) in [6, 6.07) is 18.1. The maximum absolute atomic E-state index is 12.6. The van der Waals surface area contributed by atoms with Crippen molar-refractivity contribution in [1.29, 1.82) is 0 Å². The second kappa shape index (κ2) is 7.00. The van der Waals surface area contributed by atoms with Crippen LogP contribution in [0.15, 0.2) is 66.4 Å². The quantitative estimate of drug-likeness (QED) is 0.879. The van der Waals surface area contributed by atoms with Gasteiger partial charge in [0.2, 0.25) is 5.76 Å². The molecule has 0 aliphatic carbocycles. The Bertz CT molecular complexity index is 768. The lowest BCUT2D eigenvalue weighted by atomic mass is 10.0. The standard InChI is InChI=1S/C19H17NO4/c1-2-23-19(22)16-15(13-9-5-3-6-10-13)17(21)20-18(24-16)14-11-7-4-8-12-14/h3-12,18H,2H2,1H3,(H,20,21). The van der Waals surface area contributed by atoms with Crippen molar-refractivity contribution < 1.29 is 19.1 Å². The van der Waals surface area contributed by atoms with Gasteiger partial charge in [0.05, 0.1) is 12.2 Å². The molecule has 0 spiro atoms. The van der Waals surface area contributed by atoms with Gasteiger partial charge >= 0.3 is 5.97 Å². The zero-order valence-corrected chi connectivity index (χ0v) is 13.2. The maximum Gasteiger partial charge on any atom is 0.374 e. The fraction of sp³-hybridized carbons (Fsp3) is 0.158. The first-order valence-electron chi connectivity index (χ1n) is 7.70. The SMILES string of the molecule is CCOC(=O)C1=C(c2ccccc2)C(=O)NC(c2ccccc2)O1. The molecular weight excluding hydrogens is 306 g/mol. The summed E-state index contributed by atoms with van der Waals surface area (Å²) in [5.41, 5.74) is 1.53. The van der Waals surface area contributed by atoms with Crippen LogP contribution in [0.1, 0.15) is 24.3 Å². The third-order valence-electron chi connectivity index (χ3n) is 3.58. The molecule has 24 heavy (non-hydrogen) atoms. The Morgan fingerprint density at radius 3 is 2.33 bits per heavy atom. The fourth-order valence-corrected chi connectivity index (χ4v) is 2.49. The summed E-state index contributed by atoms with van der Waals surface area (Å²) in [5.74, 6) is -1.09. The Morgan fingerprint density at radius 1 is 1.08 bits per heavy atom. The number of nitrogens with one attached hydrogen (secondary N) is 1. The van der Waals surface area contributed by atoms with Gasteiger partial charge in [-0.1, -0.05) is 60.7 Å². The van der Waals surface area contributed by atoms with E-state index in [-0.39, 0.29) is 23.8 Å².